The van der Waals surface area contributed by atoms with E-state index in [1.807, 2.05) is 6.92 Å². The minimum atomic E-state index is -0.119. The summed E-state index contributed by atoms with van der Waals surface area (Å²) in [6.45, 7) is 5.67. The second kappa shape index (κ2) is 6.71. The third-order valence-electron chi connectivity index (χ3n) is 5.53. The average molecular weight is 368 g/mol. The Morgan fingerprint density at radius 2 is 2.09 bits per heavy atom. The first kappa shape index (κ1) is 17.5. The monoisotopic (exact) mass is 367 g/mol. The summed E-state index contributed by atoms with van der Waals surface area (Å²) in [5, 5.41) is 3.72. The number of rotatable bonds is 3. The Hall–Kier alpha value is -0.870. The predicted octanol–water partition coefficient (Wildman–Crippen LogP) is 3.54. The van der Waals surface area contributed by atoms with E-state index in [1.165, 1.54) is 11.1 Å². The SMILES string of the molecule is Br.CCOC(=O)C[C@@]12CCCNC1(C)CCc1ccccc12. The van der Waals surface area contributed by atoms with Crippen LogP contribution in [0.4, 0.5) is 0 Å². The largest absolute Gasteiger partial charge is 0.466 e. The number of hydrogen-bond donors (Lipinski definition) is 1. The standard InChI is InChI=1S/C18H25NO2.BrH/c1-3-21-16(20)13-18-10-6-12-19-17(18,2)11-9-14-7-4-5-8-15(14)18;/h4-5,7-8,19H,3,6,9-13H2,1-2H3;1H/t17?,18-;/m1./s1. The molecule has 4 heteroatoms. The van der Waals surface area contributed by atoms with Gasteiger partial charge in [0.25, 0.3) is 0 Å². The second-order valence-electron chi connectivity index (χ2n) is 6.58. The van der Waals surface area contributed by atoms with Crippen molar-refractivity contribution in [3.05, 3.63) is 35.4 Å². The van der Waals surface area contributed by atoms with Crippen molar-refractivity contribution in [1.29, 1.82) is 0 Å². The van der Waals surface area contributed by atoms with E-state index in [9.17, 15) is 4.79 Å². The van der Waals surface area contributed by atoms with E-state index < -0.39 is 0 Å². The summed E-state index contributed by atoms with van der Waals surface area (Å²) in [5.74, 6) is -0.0656. The van der Waals surface area contributed by atoms with Crippen LogP contribution in [0, 0.1) is 0 Å². The van der Waals surface area contributed by atoms with Gasteiger partial charge in [0, 0.05) is 11.0 Å². The van der Waals surface area contributed by atoms with Gasteiger partial charge < -0.3 is 10.1 Å². The zero-order chi connectivity index (χ0) is 14.9. The van der Waals surface area contributed by atoms with Crippen LogP contribution in [0.15, 0.2) is 24.3 Å². The molecule has 1 N–H and O–H groups in total. The van der Waals surface area contributed by atoms with Crippen LogP contribution in [0.3, 0.4) is 0 Å². The van der Waals surface area contributed by atoms with Crippen molar-refractivity contribution in [2.45, 2.75) is 56.9 Å². The molecule has 3 rings (SSSR count). The third kappa shape index (κ3) is 2.71. The lowest BCUT2D eigenvalue weighted by Gasteiger charge is -2.56. The number of fused-ring (bicyclic) bond motifs is 3. The van der Waals surface area contributed by atoms with Gasteiger partial charge in [-0.15, -0.1) is 17.0 Å². The molecule has 2 atom stereocenters. The Kier molecular flexibility index (Phi) is 5.33. The molecule has 1 heterocycles. The maximum atomic E-state index is 12.3. The first-order valence-corrected chi connectivity index (χ1v) is 8.10. The van der Waals surface area contributed by atoms with Crippen LogP contribution in [0.2, 0.25) is 0 Å². The van der Waals surface area contributed by atoms with Gasteiger partial charge in [0.1, 0.15) is 0 Å². The van der Waals surface area contributed by atoms with E-state index >= 15 is 0 Å². The molecule has 0 aromatic heterocycles. The number of aryl methyl sites for hydroxylation is 1. The lowest BCUT2D eigenvalue weighted by atomic mass is 9.54. The van der Waals surface area contributed by atoms with Gasteiger partial charge in [-0.1, -0.05) is 24.3 Å². The van der Waals surface area contributed by atoms with Gasteiger partial charge in [0.15, 0.2) is 0 Å². The topological polar surface area (TPSA) is 38.3 Å². The van der Waals surface area contributed by atoms with Crippen molar-refractivity contribution in [1.82, 2.24) is 5.32 Å². The zero-order valence-corrected chi connectivity index (χ0v) is 15.2. The minimum absolute atomic E-state index is 0. The summed E-state index contributed by atoms with van der Waals surface area (Å²) in [6.07, 6.45) is 4.84. The Labute approximate surface area is 143 Å². The second-order valence-corrected chi connectivity index (χ2v) is 6.58. The van der Waals surface area contributed by atoms with Crippen LogP contribution < -0.4 is 5.32 Å². The summed E-state index contributed by atoms with van der Waals surface area (Å²) < 4.78 is 5.28. The molecule has 0 bridgehead atoms. The van der Waals surface area contributed by atoms with Crippen LogP contribution in [0.5, 0.6) is 0 Å². The smallest absolute Gasteiger partial charge is 0.306 e. The van der Waals surface area contributed by atoms with Crippen molar-refractivity contribution in [2.75, 3.05) is 13.2 Å². The highest BCUT2D eigenvalue weighted by molar-refractivity contribution is 8.93. The molecule has 1 saturated heterocycles. The summed E-state index contributed by atoms with van der Waals surface area (Å²) in [7, 11) is 0. The van der Waals surface area contributed by atoms with E-state index in [2.05, 4.69) is 36.5 Å². The Morgan fingerprint density at radius 3 is 2.86 bits per heavy atom. The van der Waals surface area contributed by atoms with Gasteiger partial charge in [-0.3, -0.25) is 4.79 Å². The number of benzene rings is 1. The molecule has 1 fully saturated rings. The quantitative estimate of drug-likeness (QED) is 0.830. The van der Waals surface area contributed by atoms with Crippen LogP contribution >= 0.6 is 17.0 Å². The molecule has 1 unspecified atom stereocenters. The Bertz CT molecular complexity index is 548. The highest BCUT2D eigenvalue weighted by Crippen LogP contribution is 2.51. The number of carbonyl (C=O) groups excluding carboxylic acids is 1. The van der Waals surface area contributed by atoms with E-state index in [1.54, 1.807) is 0 Å². The molecule has 0 spiro atoms. The molecule has 0 radical (unpaired) electrons. The van der Waals surface area contributed by atoms with Crippen LogP contribution in [0.25, 0.3) is 0 Å². The molecule has 3 nitrogen and oxygen atoms in total. The first-order chi connectivity index (χ1) is 10.1. The Balaban J connectivity index is 0.00000176. The van der Waals surface area contributed by atoms with Crippen molar-refractivity contribution in [2.24, 2.45) is 0 Å². The molecule has 1 aliphatic heterocycles. The fourth-order valence-corrected chi connectivity index (χ4v) is 4.39. The van der Waals surface area contributed by atoms with E-state index in [-0.39, 0.29) is 33.9 Å². The van der Waals surface area contributed by atoms with Gasteiger partial charge in [0.2, 0.25) is 0 Å². The third-order valence-corrected chi connectivity index (χ3v) is 5.53. The van der Waals surface area contributed by atoms with E-state index in [0.29, 0.717) is 13.0 Å². The van der Waals surface area contributed by atoms with Crippen LogP contribution in [-0.4, -0.2) is 24.7 Å². The van der Waals surface area contributed by atoms with Crippen molar-refractivity contribution in [3.8, 4) is 0 Å². The van der Waals surface area contributed by atoms with Gasteiger partial charge in [-0.2, -0.15) is 0 Å². The summed E-state index contributed by atoms with van der Waals surface area (Å²) >= 11 is 0. The summed E-state index contributed by atoms with van der Waals surface area (Å²) in [6, 6.07) is 8.65. The molecule has 1 aromatic rings. The van der Waals surface area contributed by atoms with Crippen molar-refractivity contribution >= 4 is 23.0 Å². The molecule has 2 aliphatic rings. The number of halogens is 1. The molecular weight excluding hydrogens is 342 g/mol. The number of esters is 1. The van der Waals surface area contributed by atoms with E-state index in [4.69, 9.17) is 4.74 Å². The van der Waals surface area contributed by atoms with Crippen LogP contribution in [0.1, 0.15) is 50.7 Å². The maximum Gasteiger partial charge on any atom is 0.306 e. The molecule has 1 aliphatic carbocycles. The molecule has 0 amide bonds. The zero-order valence-electron chi connectivity index (χ0n) is 13.5. The minimum Gasteiger partial charge on any atom is -0.466 e. The molecule has 0 saturated carbocycles. The maximum absolute atomic E-state index is 12.3. The van der Waals surface area contributed by atoms with Gasteiger partial charge >= 0.3 is 5.97 Å². The first-order valence-electron chi connectivity index (χ1n) is 8.10. The lowest BCUT2D eigenvalue weighted by molar-refractivity contribution is -0.146. The van der Waals surface area contributed by atoms with Gasteiger partial charge in [-0.25, -0.2) is 0 Å². The number of piperidine rings is 1. The summed E-state index contributed by atoms with van der Waals surface area (Å²) in [4.78, 5) is 12.3. The van der Waals surface area contributed by atoms with Crippen LogP contribution in [-0.2, 0) is 21.4 Å². The number of carbonyl (C=O) groups is 1. The summed E-state index contributed by atoms with van der Waals surface area (Å²) in [5.41, 5.74) is 2.64. The fraction of sp³-hybridized carbons (Fsp3) is 0.611. The average Bonchev–Trinajstić information content (AvgIpc) is 2.48. The predicted molar refractivity (Wildman–Crippen MR) is 93.7 cm³/mol. The lowest BCUT2D eigenvalue weighted by Crippen LogP contribution is -2.64. The molecule has 122 valence electrons. The highest BCUT2D eigenvalue weighted by atomic mass is 79.9. The normalized spacial score (nSPS) is 29.7. The van der Waals surface area contributed by atoms with Crippen molar-refractivity contribution in [3.63, 3.8) is 0 Å². The Morgan fingerprint density at radius 1 is 1.32 bits per heavy atom. The molecule has 22 heavy (non-hydrogen) atoms. The number of hydrogen-bond acceptors (Lipinski definition) is 3. The molecular formula is C18H26BrNO2. The molecule has 1 aromatic carbocycles. The highest BCUT2D eigenvalue weighted by Gasteiger charge is 2.54. The number of nitrogens with one attached hydrogen (secondary N) is 1. The van der Waals surface area contributed by atoms with E-state index in [0.717, 1.165) is 32.2 Å². The van der Waals surface area contributed by atoms with Gasteiger partial charge in [0.05, 0.1) is 13.0 Å². The van der Waals surface area contributed by atoms with Crippen molar-refractivity contribution < 1.29 is 9.53 Å². The fourth-order valence-electron chi connectivity index (χ4n) is 4.39. The van der Waals surface area contributed by atoms with Gasteiger partial charge in [-0.05, 0) is 57.2 Å². The number of ether oxygens (including phenoxy) is 1.